The molecule has 3 aliphatic heterocycles. The zero-order chi connectivity index (χ0) is 17.3. The Kier molecular flexibility index (Phi) is 4.36. The third-order valence-electron chi connectivity index (χ3n) is 6.11. The van der Waals surface area contributed by atoms with Crippen molar-refractivity contribution < 1.29 is 9.59 Å². The first-order chi connectivity index (χ1) is 12.2. The second-order valence-electron chi connectivity index (χ2n) is 7.68. The van der Waals surface area contributed by atoms with Gasteiger partial charge in [-0.1, -0.05) is 0 Å². The molecule has 1 aromatic heterocycles. The fourth-order valence-electron chi connectivity index (χ4n) is 4.47. The van der Waals surface area contributed by atoms with E-state index in [1.165, 1.54) is 0 Å². The highest BCUT2D eigenvalue weighted by molar-refractivity contribution is 5.94. The molecule has 4 heterocycles. The molecule has 0 unspecified atom stereocenters. The lowest BCUT2D eigenvalue weighted by Gasteiger charge is -2.40. The summed E-state index contributed by atoms with van der Waals surface area (Å²) in [6.45, 7) is 5.09. The van der Waals surface area contributed by atoms with Gasteiger partial charge >= 0.3 is 6.03 Å². The van der Waals surface area contributed by atoms with Crippen LogP contribution in [-0.2, 0) is 0 Å². The summed E-state index contributed by atoms with van der Waals surface area (Å²) in [5, 5.41) is 0. The van der Waals surface area contributed by atoms with E-state index in [0.29, 0.717) is 5.56 Å². The van der Waals surface area contributed by atoms with Gasteiger partial charge in [0.05, 0.1) is 5.56 Å². The molecule has 3 amide bonds. The number of carbonyl (C=O) groups excluding carboxylic acids is 2. The summed E-state index contributed by atoms with van der Waals surface area (Å²) in [7, 11) is 0. The largest absolute Gasteiger partial charge is 0.338 e. The monoisotopic (exact) mass is 342 g/mol. The molecular formula is C19H26N4O2. The van der Waals surface area contributed by atoms with E-state index in [4.69, 9.17) is 0 Å². The Balaban J connectivity index is 1.34. The normalized spacial score (nSPS) is 22.6. The topological polar surface area (TPSA) is 56.8 Å². The van der Waals surface area contributed by atoms with Crippen molar-refractivity contribution in [2.45, 2.75) is 32.1 Å². The molecule has 1 spiro atoms. The number of aromatic nitrogens is 1. The van der Waals surface area contributed by atoms with E-state index in [0.717, 1.165) is 71.4 Å². The molecule has 3 saturated heterocycles. The van der Waals surface area contributed by atoms with Crippen LogP contribution in [0.25, 0.3) is 0 Å². The molecule has 0 aromatic carbocycles. The van der Waals surface area contributed by atoms with Gasteiger partial charge in [-0.15, -0.1) is 0 Å². The van der Waals surface area contributed by atoms with Gasteiger partial charge in [0, 0.05) is 51.7 Å². The third kappa shape index (κ3) is 3.22. The maximum Gasteiger partial charge on any atom is 0.319 e. The van der Waals surface area contributed by atoms with Crippen molar-refractivity contribution >= 4 is 11.9 Å². The van der Waals surface area contributed by atoms with Crippen molar-refractivity contribution in [3.63, 3.8) is 0 Å². The summed E-state index contributed by atoms with van der Waals surface area (Å²) < 4.78 is 0. The second kappa shape index (κ2) is 6.65. The number of amides is 3. The summed E-state index contributed by atoms with van der Waals surface area (Å²) in [5.74, 6) is 0.0838. The second-order valence-corrected chi connectivity index (χ2v) is 7.68. The highest BCUT2D eigenvalue weighted by Gasteiger charge is 2.43. The number of carbonyl (C=O) groups is 2. The first kappa shape index (κ1) is 16.4. The van der Waals surface area contributed by atoms with Crippen LogP contribution in [0.1, 0.15) is 42.5 Å². The van der Waals surface area contributed by atoms with Crippen LogP contribution in [-0.4, -0.2) is 70.9 Å². The van der Waals surface area contributed by atoms with Crippen molar-refractivity contribution in [1.82, 2.24) is 19.7 Å². The van der Waals surface area contributed by atoms with Gasteiger partial charge in [-0.05, 0) is 49.7 Å². The molecule has 0 N–H and O–H groups in total. The Bertz CT molecular complexity index is 634. The average molecular weight is 342 g/mol. The van der Waals surface area contributed by atoms with E-state index in [2.05, 4.69) is 4.98 Å². The summed E-state index contributed by atoms with van der Waals surface area (Å²) >= 11 is 0. The highest BCUT2D eigenvalue weighted by Crippen LogP contribution is 2.41. The minimum absolute atomic E-state index is 0.0838. The van der Waals surface area contributed by atoms with Gasteiger partial charge in [-0.25, -0.2) is 4.79 Å². The lowest BCUT2D eigenvalue weighted by Crippen LogP contribution is -2.49. The van der Waals surface area contributed by atoms with Crippen molar-refractivity contribution in [3.8, 4) is 0 Å². The Morgan fingerprint density at radius 2 is 1.56 bits per heavy atom. The fourth-order valence-corrected chi connectivity index (χ4v) is 4.47. The van der Waals surface area contributed by atoms with Crippen molar-refractivity contribution in [1.29, 1.82) is 0 Å². The van der Waals surface area contributed by atoms with Gasteiger partial charge in [0.1, 0.15) is 0 Å². The average Bonchev–Trinajstić information content (AvgIpc) is 3.33. The molecule has 6 nitrogen and oxygen atoms in total. The molecular weight excluding hydrogens is 316 g/mol. The van der Waals surface area contributed by atoms with Crippen molar-refractivity contribution in [3.05, 3.63) is 30.1 Å². The van der Waals surface area contributed by atoms with Gasteiger partial charge in [-0.2, -0.15) is 0 Å². The standard InChI is InChI=1S/C19H26N4O2/c24-17(16-4-3-8-20-14-16)23-13-7-19(15-23)5-11-22(12-6-19)18(25)21-9-1-2-10-21/h3-4,8,14H,1-2,5-7,9-13,15H2. The predicted molar refractivity (Wildman–Crippen MR) is 94.2 cm³/mol. The molecule has 0 saturated carbocycles. The van der Waals surface area contributed by atoms with E-state index in [-0.39, 0.29) is 17.4 Å². The molecule has 3 fully saturated rings. The van der Waals surface area contributed by atoms with Crippen molar-refractivity contribution in [2.24, 2.45) is 5.41 Å². The van der Waals surface area contributed by atoms with Crippen LogP contribution in [0, 0.1) is 5.41 Å². The van der Waals surface area contributed by atoms with E-state index in [9.17, 15) is 9.59 Å². The molecule has 25 heavy (non-hydrogen) atoms. The van der Waals surface area contributed by atoms with Crippen LogP contribution in [0.2, 0.25) is 0 Å². The maximum atomic E-state index is 12.6. The van der Waals surface area contributed by atoms with Gasteiger partial charge in [0.2, 0.25) is 0 Å². The molecule has 0 aliphatic carbocycles. The number of hydrogen-bond acceptors (Lipinski definition) is 3. The predicted octanol–water partition coefficient (Wildman–Crippen LogP) is 2.23. The van der Waals surface area contributed by atoms with Crippen LogP contribution in [0.15, 0.2) is 24.5 Å². The lowest BCUT2D eigenvalue weighted by molar-refractivity contribution is 0.0723. The van der Waals surface area contributed by atoms with Crippen LogP contribution in [0.4, 0.5) is 4.79 Å². The Hall–Kier alpha value is -2.11. The number of nitrogens with zero attached hydrogens (tertiary/aromatic N) is 4. The molecule has 0 atom stereocenters. The molecule has 6 heteroatoms. The van der Waals surface area contributed by atoms with Crippen LogP contribution in [0.5, 0.6) is 0 Å². The Morgan fingerprint density at radius 1 is 0.920 bits per heavy atom. The summed E-state index contributed by atoms with van der Waals surface area (Å²) in [6.07, 6.45) is 8.65. The van der Waals surface area contributed by atoms with E-state index < -0.39 is 0 Å². The van der Waals surface area contributed by atoms with Crippen LogP contribution in [0.3, 0.4) is 0 Å². The smallest absolute Gasteiger partial charge is 0.319 e. The number of hydrogen-bond donors (Lipinski definition) is 0. The fraction of sp³-hybridized carbons (Fsp3) is 0.632. The Labute approximate surface area is 148 Å². The summed E-state index contributed by atoms with van der Waals surface area (Å²) in [4.78, 5) is 35.2. The van der Waals surface area contributed by atoms with Gasteiger partial charge in [0.25, 0.3) is 5.91 Å². The molecule has 0 bridgehead atoms. The Morgan fingerprint density at radius 3 is 2.20 bits per heavy atom. The van der Waals surface area contributed by atoms with Gasteiger partial charge in [-0.3, -0.25) is 9.78 Å². The highest BCUT2D eigenvalue weighted by atomic mass is 16.2. The molecule has 1 aromatic rings. The molecule has 4 rings (SSSR count). The first-order valence-electron chi connectivity index (χ1n) is 9.40. The van der Waals surface area contributed by atoms with E-state index in [1.54, 1.807) is 12.4 Å². The quantitative estimate of drug-likeness (QED) is 0.786. The number of pyridine rings is 1. The zero-order valence-corrected chi connectivity index (χ0v) is 14.7. The molecule has 0 radical (unpaired) electrons. The number of rotatable bonds is 1. The van der Waals surface area contributed by atoms with E-state index >= 15 is 0 Å². The molecule has 134 valence electrons. The minimum Gasteiger partial charge on any atom is -0.338 e. The third-order valence-corrected chi connectivity index (χ3v) is 6.11. The first-order valence-corrected chi connectivity index (χ1v) is 9.40. The van der Waals surface area contributed by atoms with Crippen LogP contribution < -0.4 is 0 Å². The summed E-state index contributed by atoms with van der Waals surface area (Å²) in [6, 6.07) is 3.85. The number of likely N-dealkylation sites (tertiary alicyclic amines) is 3. The van der Waals surface area contributed by atoms with Crippen LogP contribution >= 0.6 is 0 Å². The number of piperidine rings is 1. The van der Waals surface area contributed by atoms with Crippen molar-refractivity contribution in [2.75, 3.05) is 39.3 Å². The zero-order valence-electron chi connectivity index (χ0n) is 14.7. The SMILES string of the molecule is O=C(c1cccnc1)N1CCC2(CCN(C(=O)N3CCCC3)CC2)C1. The van der Waals surface area contributed by atoms with Gasteiger partial charge in [0.15, 0.2) is 0 Å². The summed E-state index contributed by atoms with van der Waals surface area (Å²) in [5.41, 5.74) is 0.862. The van der Waals surface area contributed by atoms with Gasteiger partial charge < -0.3 is 14.7 Å². The minimum atomic E-state index is 0.0838. The number of urea groups is 1. The lowest BCUT2D eigenvalue weighted by atomic mass is 9.78. The molecule has 3 aliphatic rings. The maximum absolute atomic E-state index is 12.6. The van der Waals surface area contributed by atoms with E-state index in [1.807, 2.05) is 26.8 Å².